The predicted octanol–water partition coefficient (Wildman–Crippen LogP) is 3.59. The highest BCUT2D eigenvalue weighted by atomic mass is 16.3. The SMILES string of the molecule is Cn1cc(CN2CCN(CCCc3ccccc3)C(CCO)C2)c(-c2ccccc2)n1. The molecule has 0 radical (unpaired) electrons. The van der Waals surface area contributed by atoms with Crippen molar-refractivity contribution in [3.63, 3.8) is 0 Å². The Balaban J connectivity index is 1.36. The number of piperazine rings is 1. The Bertz CT molecular complexity index is 925. The van der Waals surface area contributed by atoms with E-state index in [4.69, 9.17) is 5.10 Å². The second-order valence-electron chi connectivity index (χ2n) is 8.57. The smallest absolute Gasteiger partial charge is 0.0968 e. The molecule has 5 nitrogen and oxygen atoms in total. The molecule has 1 aromatic heterocycles. The van der Waals surface area contributed by atoms with Crippen LogP contribution in [0.1, 0.15) is 24.0 Å². The molecule has 1 atom stereocenters. The lowest BCUT2D eigenvalue weighted by Gasteiger charge is -2.41. The quantitative estimate of drug-likeness (QED) is 0.577. The van der Waals surface area contributed by atoms with Gasteiger partial charge in [0.15, 0.2) is 0 Å². The van der Waals surface area contributed by atoms with Gasteiger partial charge in [0, 0.05) is 63.2 Å². The van der Waals surface area contributed by atoms with Crippen molar-refractivity contribution in [2.75, 3.05) is 32.8 Å². The highest BCUT2D eigenvalue weighted by molar-refractivity contribution is 5.62. The van der Waals surface area contributed by atoms with E-state index < -0.39 is 0 Å². The largest absolute Gasteiger partial charge is 0.396 e. The van der Waals surface area contributed by atoms with E-state index >= 15 is 0 Å². The molecule has 0 saturated carbocycles. The minimum atomic E-state index is 0.246. The van der Waals surface area contributed by atoms with E-state index in [1.165, 1.54) is 16.7 Å². The summed E-state index contributed by atoms with van der Waals surface area (Å²) in [5, 5.41) is 14.4. The first-order valence-electron chi connectivity index (χ1n) is 11.4. The lowest BCUT2D eigenvalue weighted by atomic mass is 10.0. The van der Waals surface area contributed by atoms with Gasteiger partial charge in [0.05, 0.1) is 5.69 Å². The van der Waals surface area contributed by atoms with Crippen molar-refractivity contribution in [2.45, 2.75) is 31.8 Å². The molecule has 1 saturated heterocycles. The summed E-state index contributed by atoms with van der Waals surface area (Å²) in [5.74, 6) is 0. The third kappa shape index (κ3) is 5.82. The van der Waals surface area contributed by atoms with Crippen molar-refractivity contribution in [3.8, 4) is 11.3 Å². The van der Waals surface area contributed by atoms with Crippen LogP contribution in [0.3, 0.4) is 0 Å². The van der Waals surface area contributed by atoms with Crippen molar-refractivity contribution in [1.29, 1.82) is 0 Å². The number of aryl methyl sites for hydroxylation is 2. The number of aliphatic hydroxyl groups is 1. The van der Waals surface area contributed by atoms with Gasteiger partial charge in [-0.1, -0.05) is 60.7 Å². The maximum atomic E-state index is 9.65. The number of aliphatic hydroxyl groups excluding tert-OH is 1. The summed E-state index contributed by atoms with van der Waals surface area (Å²) < 4.78 is 1.92. The van der Waals surface area contributed by atoms with E-state index in [0.717, 1.165) is 57.7 Å². The lowest BCUT2D eigenvalue weighted by molar-refractivity contribution is 0.0547. The van der Waals surface area contributed by atoms with Crippen LogP contribution in [-0.4, -0.2) is 63.5 Å². The van der Waals surface area contributed by atoms with Crippen molar-refractivity contribution >= 4 is 0 Å². The standard InChI is InChI=1S/C26H34N4O/c1-28-19-24(26(27-28)23-12-6-3-7-13-23)20-29-16-17-30(25(21-29)14-18-31)15-8-11-22-9-4-2-5-10-22/h2-7,9-10,12-13,19,25,31H,8,11,14-18,20-21H2,1H3. The summed E-state index contributed by atoms with van der Waals surface area (Å²) in [6.45, 7) is 5.34. The number of hydrogen-bond acceptors (Lipinski definition) is 4. The summed E-state index contributed by atoms with van der Waals surface area (Å²) in [7, 11) is 2.00. The fourth-order valence-corrected chi connectivity index (χ4v) is 4.68. The summed E-state index contributed by atoms with van der Waals surface area (Å²) in [4.78, 5) is 5.11. The molecule has 0 spiro atoms. The Kier molecular flexibility index (Phi) is 7.52. The van der Waals surface area contributed by atoms with E-state index in [1.54, 1.807) is 0 Å². The van der Waals surface area contributed by atoms with Gasteiger partial charge in [-0.15, -0.1) is 0 Å². The van der Waals surface area contributed by atoms with Crippen LogP contribution in [0.4, 0.5) is 0 Å². The average molecular weight is 419 g/mol. The van der Waals surface area contributed by atoms with Gasteiger partial charge in [0.1, 0.15) is 0 Å². The maximum absolute atomic E-state index is 9.65. The number of rotatable bonds is 9. The number of hydrogen-bond donors (Lipinski definition) is 1. The van der Waals surface area contributed by atoms with Gasteiger partial charge in [-0.25, -0.2) is 0 Å². The summed E-state index contributed by atoms with van der Waals surface area (Å²) in [6.07, 6.45) is 5.26. The second-order valence-corrected chi connectivity index (χ2v) is 8.57. The molecular weight excluding hydrogens is 384 g/mol. The Morgan fingerprint density at radius 2 is 1.74 bits per heavy atom. The molecule has 0 bridgehead atoms. The normalized spacial score (nSPS) is 17.8. The predicted molar refractivity (Wildman–Crippen MR) is 126 cm³/mol. The Labute approximate surface area is 185 Å². The number of nitrogens with zero attached hydrogens (tertiary/aromatic N) is 4. The molecular formula is C26H34N4O. The zero-order valence-electron chi connectivity index (χ0n) is 18.5. The summed E-state index contributed by atoms with van der Waals surface area (Å²) in [5.41, 5.74) is 4.93. The minimum Gasteiger partial charge on any atom is -0.396 e. The lowest BCUT2D eigenvalue weighted by Crippen LogP contribution is -2.53. The van der Waals surface area contributed by atoms with Crippen molar-refractivity contribution in [2.24, 2.45) is 7.05 Å². The van der Waals surface area contributed by atoms with Crippen LogP contribution in [0.25, 0.3) is 11.3 Å². The number of benzene rings is 2. The molecule has 1 unspecified atom stereocenters. The molecule has 1 N–H and O–H groups in total. The van der Waals surface area contributed by atoms with Crippen molar-refractivity contribution in [3.05, 3.63) is 78.0 Å². The van der Waals surface area contributed by atoms with E-state index in [-0.39, 0.29) is 6.61 Å². The van der Waals surface area contributed by atoms with Gasteiger partial charge in [-0.2, -0.15) is 5.10 Å². The van der Waals surface area contributed by atoms with Crippen LogP contribution < -0.4 is 0 Å². The summed E-state index contributed by atoms with van der Waals surface area (Å²) in [6, 6.07) is 21.6. The molecule has 0 aliphatic carbocycles. The summed E-state index contributed by atoms with van der Waals surface area (Å²) >= 11 is 0. The van der Waals surface area contributed by atoms with Gasteiger partial charge in [-0.3, -0.25) is 14.5 Å². The van der Waals surface area contributed by atoms with Crippen molar-refractivity contribution in [1.82, 2.24) is 19.6 Å². The third-order valence-corrected chi connectivity index (χ3v) is 6.25. The molecule has 2 heterocycles. The minimum absolute atomic E-state index is 0.246. The average Bonchev–Trinajstić information content (AvgIpc) is 3.16. The fourth-order valence-electron chi connectivity index (χ4n) is 4.68. The zero-order valence-corrected chi connectivity index (χ0v) is 18.5. The molecule has 2 aromatic carbocycles. The Morgan fingerprint density at radius 3 is 2.48 bits per heavy atom. The fraction of sp³-hybridized carbons (Fsp3) is 0.423. The van der Waals surface area contributed by atoms with Crippen LogP contribution in [0.2, 0.25) is 0 Å². The van der Waals surface area contributed by atoms with Crippen LogP contribution in [0.5, 0.6) is 0 Å². The molecule has 1 aliphatic heterocycles. The molecule has 1 aliphatic rings. The maximum Gasteiger partial charge on any atom is 0.0968 e. The first-order valence-corrected chi connectivity index (χ1v) is 11.4. The molecule has 164 valence electrons. The molecule has 4 rings (SSSR count). The van der Waals surface area contributed by atoms with E-state index in [2.05, 4.69) is 70.6 Å². The van der Waals surface area contributed by atoms with Gasteiger partial charge in [0.25, 0.3) is 0 Å². The molecule has 5 heteroatoms. The van der Waals surface area contributed by atoms with Gasteiger partial charge in [0.2, 0.25) is 0 Å². The van der Waals surface area contributed by atoms with Crippen LogP contribution in [0.15, 0.2) is 66.9 Å². The first-order chi connectivity index (χ1) is 15.2. The molecule has 3 aromatic rings. The topological polar surface area (TPSA) is 44.5 Å². The molecule has 0 amide bonds. The highest BCUT2D eigenvalue weighted by Gasteiger charge is 2.27. The second kappa shape index (κ2) is 10.7. The highest BCUT2D eigenvalue weighted by Crippen LogP contribution is 2.24. The monoisotopic (exact) mass is 418 g/mol. The molecule has 31 heavy (non-hydrogen) atoms. The van der Waals surface area contributed by atoms with Crippen molar-refractivity contribution < 1.29 is 5.11 Å². The van der Waals surface area contributed by atoms with Gasteiger partial charge in [-0.05, 0) is 31.4 Å². The van der Waals surface area contributed by atoms with Crippen LogP contribution in [-0.2, 0) is 20.0 Å². The van der Waals surface area contributed by atoms with E-state index in [0.29, 0.717) is 6.04 Å². The third-order valence-electron chi connectivity index (χ3n) is 6.25. The van der Waals surface area contributed by atoms with Crippen LogP contribution in [0, 0.1) is 0 Å². The van der Waals surface area contributed by atoms with E-state index in [9.17, 15) is 5.11 Å². The zero-order chi connectivity index (χ0) is 21.5. The Morgan fingerprint density at radius 1 is 1.00 bits per heavy atom. The first kappa shape index (κ1) is 21.8. The molecule has 1 fully saturated rings. The van der Waals surface area contributed by atoms with Crippen LogP contribution >= 0.6 is 0 Å². The van der Waals surface area contributed by atoms with E-state index in [1.807, 2.05) is 17.8 Å². The number of aromatic nitrogens is 2. The Hall–Kier alpha value is -2.47. The van der Waals surface area contributed by atoms with Gasteiger partial charge < -0.3 is 5.11 Å². The van der Waals surface area contributed by atoms with Gasteiger partial charge >= 0.3 is 0 Å².